The zero-order valence-corrected chi connectivity index (χ0v) is 15.0. The number of fused-ring (bicyclic) bond motifs is 1. The van der Waals surface area contributed by atoms with E-state index in [1.807, 2.05) is 16.8 Å². The maximum atomic E-state index is 14.3. The van der Waals surface area contributed by atoms with Crippen LogP contribution in [0.5, 0.6) is 0 Å². The Bertz CT molecular complexity index is 929. The van der Waals surface area contributed by atoms with Crippen molar-refractivity contribution in [2.24, 2.45) is 0 Å². The SMILES string of the molecule is C=CCc1ccc(N2CCC(n3cc(F)c4c(Cl)ncnc43)CC2)nc1. The summed E-state index contributed by atoms with van der Waals surface area (Å²) in [5.41, 5.74) is 1.72. The molecule has 1 fully saturated rings. The molecule has 5 nitrogen and oxygen atoms in total. The molecule has 0 N–H and O–H groups in total. The lowest BCUT2D eigenvalue weighted by atomic mass is 10.0. The molecular weight excluding hydrogens is 353 g/mol. The van der Waals surface area contributed by atoms with Crippen LogP contribution < -0.4 is 4.90 Å². The number of piperidine rings is 1. The molecule has 0 radical (unpaired) electrons. The molecule has 0 saturated carbocycles. The topological polar surface area (TPSA) is 46.8 Å². The molecule has 1 aliphatic heterocycles. The van der Waals surface area contributed by atoms with Gasteiger partial charge in [-0.1, -0.05) is 23.7 Å². The molecule has 0 atom stereocenters. The summed E-state index contributed by atoms with van der Waals surface area (Å²) >= 11 is 6.03. The summed E-state index contributed by atoms with van der Waals surface area (Å²) in [7, 11) is 0. The van der Waals surface area contributed by atoms with Crippen molar-refractivity contribution in [3.8, 4) is 0 Å². The van der Waals surface area contributed by atoms with Crippen LogP contribution in [0, 0.1) is 5.82 Å². The lowest BCUT2D eigenvalue weighted by molar-refractivity contribution is 0.400. The number of rotatable bonds is 4. The normalized spacial score (nSPS) is 15.5. The van der Waals surface area contributed by atoms with E-state index >= 15 is 0 Å². The van der Waals surface area contributed by atoms with Crippen LogP contribution in [0.2, 0.25) is 5.15 Å². The Morgan fingerprint density at radius 3 is 2.73 bits per heavy atom. The van der Waals surface area contributed by atoms with Gasteiger partial charge in [0.15, 0.2) is 5.82 Å². The first-order valence-corrected chi connectivity index (χ1v) is 9.02. The first-order chi connectivity index (χ1) is 12.7. The van der Waals surface area contributed by atoms with Gasteiger partial charge in [0.05, 0.1) is 5.39 Å². The number of hydrogen-bond acceptors (Lipinski definition) is 4. The maximum Gasteiger partial charge on any atom is 0.153 e. The van der Waals surface area contributed by atoms with Crippen LogP contribution in [0.3, 0.4) is 0 Å². The van der Waals surface area contributed by atoms with Crippen LogP contribution in [0.4, 0.5) is 10.2 Å². The summed E-state index contributed by atoms with van der Waals surface area (Å²) < 4.78 is 16.2. The second-order valence-corrected chi connectivity index (χ2v) is 6.84. The minimum atomic E-state index is -0.368. The molecule has 4 heterocycles. The fourth-order valence-corrected chi connectivity index (χ4v) is 3.77. The van der Waals surface area contributed by atoms with Gasteiger partial charge in [0.1, 0.15) is 22.9 Å². The van der Waals surface area contributed by atoms with Crippen LogP contribution in [-0.2, 0) is 6.42 Å². The third-order valence-corrected chi connectivity index (χ3v) is 5.17. The van der Waals surface area contributed by atoms with Crippen molar-refractivity contribution >= 4 is 28.5 Å². The molecule has 1 aliphatic rings. The number of nitrogens with zero attached hydrogens (tertiary/aromatic N) is 5. The van der Waals surface area contributed by atoms with E-state index in [0.29, 0.717) is 11.0 Å². The summed E-state index contributed by atoms with van der Waals surface area (Å²) in [6, 6.07) is 4.32. The van der Waals surface area contributed by atoms with Crippen LogP contribution >= 0.6 is 11.6 Å². The maximum absolute atomic E-state index is 14.3. The van der Waals surface area contributed by atoms with E-state index in [1.165, 1.54) is 12.5 Å². The van der Waals surface area contributed by atoms with E-state index < -0.39 is 0 Å². The van der Waals surface area contributed by atoms with Crippen molar-refractivity contribution in [1.82, 2.24) is 19.5 Å². The molecule has 0 aliphatic carbocycles. The van der Waals surface area contributed by atoms with Crippen LogP contribution in [0.1, 0.15) is 24.4 Å². The molecule has 134 valence electrons. The molecule has 1 saturated heterocycles. The summed E-state index contributed by atoms with van der Waals surface area (Å²) in [5, 5.41) is 0.462. The second-order valence-electron chi connectivity index (χ2n) is 6.48. The van der Waals surface area contributed by atoms with Crippen LogP contribution in [0.25, 0.3) is 11.0 Å². The Labute approximate surface area is 156 Å². The quantitative estimate of drug-likeness (QED) is 0.509. The largest absolute Gasteiger partial charge is 0.356 e. The highest BCUT2D eigenvalue weighted by Crippen LogP contribution is 2.32. The van der Waals surface area contributed by atoms with Crippen molar-refractivity contribution in [1.29, 1.82) is 0 Å². The highest BCUT2D eigenvalue weighted by Gasteiger charge is 2.25. The lowest BCUT2D eigenvalue weighted by Crippen LogP contribution is -2.35. The summed E-state index contributed by atoms with van der Waals surface area (Å²) in [4.78, 5) is 14.9. The number of halogens is 2. The van der Waals surface area contributed by atoms with Gasteiger partial charge >= 0.3 is 0 Å². The van der Waals surface area contributed by atoms with Gasteiger partial charge in [0.25, 0.3) is 0 Å². The Morgan fingerprint density at radius 2 is 2.04 bits per heavy atom. The molecular formula is C19H19ClFN5. The standard InChI is InChI=1S/C19H19ClFN5/c1-2-3-13-4-5-16(22-10-13)25-8-6-14(7-9-25)26-11-15(21)17-18(20)23-12-24-19(17)26/h2,4-5,10-12,14H,1,3,6-9H2. The van der Waals surface area contributed by atoms with Gasteiger partial charge in [-0.25, -0.2) is 19.3 Å². The third-order valence-electron chi connectivity index (χ3n) is 4.89. The second kappa shape index (κ2) is 7.03. The van der Waals surface area contributed by atoms with Crippen LogP contribution in [0.15, 0.2) is 43.5 Å². The summed E-state index contributed by atoms with van der Waals surface area (Å²) in [6.45, 7) is 5.47. The van der Waals surface area contributed by atoms with Crippen molar-refractivity contribution in [3.05, 3.63) is 60.0 Å². The lowest BCUT2D eigenvalue weighted by Gasteiger charge is -2.33. The number of pyridine rings is 1. The van der Waals surface area contributed by atoms with Gasteiger partial charge in [-0.2, -0.15) is 0 Å². The molecule has 26 heavy (non-hydrogen) atoms. The average Bonchev–Trinajstić information content (AvgIpc) is 3.01. The molecule has 7 heteroatoms. The molecule has 0 aromatic carbocycles. The highest BCUT2D eigenvalue weighted by atomic mass is 35.5. The first-order valence-electron chi connectivity index (χ1n) is 8.64. The fourth-order valence-electron chi connectivity index (χ4n) is 3.55. The van der Waals surface area contributed by atoms with Crippen molar-refractivity contribution < 1.29 is 4.39 Å². The third kappa shape index (κ3) is 3.05. The number of allylic oxidation sites excluding steroid dienone is 1. The fraction of sp³-hybridized carbons (Fsp3) is 0.316. The van der Waals surface area contributed by atoms with E-state index in [2.05, 4.69) is 38.6 Å². The predicted molar refractivity (Wildman–Crippen MR) is 101 cm³/mol. The molecule has 0 amide bonds. The van der Waals surface area contributed by atoms with E-state index in [9.17, 15) is 4.39 Å². The van der Waals surface area contributed by atoms with E-state index in [-0.39, 0.29) is 17.0 Å². The zero-order valence-electron chi connectivity index (χ0n) is 14.3. The highest BCUT2D eigenvalue weighted by molar-refractivity contribution is 6.34. The minimum absolute atomic E-state index is 0.160. The minimum Gasteiger partial charge on any atom is -0.356 e. The number of anilines is 1. The zero-order chi connectivity index (χ0) is 18.1. The molecule has 0 spiro atoms. The van der Waals surface area contributed by atoms with Crippen molar-refractivity contribution in [2.45, 2.75) is 25.3 Å². The Kier molecular flexibility index (Phi) is 4.59. The summed E-state index contributed by atoms with van der Waals surface area (Å²) in [5.74, 6) is 0.609. The van der Waals surface area contributed by atoms with Gasteiger partial charge in [0, 0.05) is 31.5 Å². The summed E-state index contributed by atoms with van der Waals surface area (Å²) in [6.07, 6.45) is 9.25. The van der Waals surface area contributed by atoms with E-state index in [0.717, 1.165) is 43.7 Å². The molecule has 0 unspecified atom stereocenters. The predicted octanol–water partition coefficient (Wildman–Crippen LogP) is 4.19. The molecule has 3 aromatic rings. The van der Waals surface area contributed by atoms with Crippen molar-refractivity contribution in [3.63, 3.8) is 0 Å². The smallest absolute Gasteiger partial charge is 0.153 e. The Balaban J connectivity index is 1.50. The van der Waals surface area contributed by atoms with E-state index in [1.54, 1.807) is 0 Å². The Morgan fingerprint density at radius 1 is 1.23 bits per heavy atom. The monoisotopic (exact) mass is 371 g/mol. The number of hydrogen-bond donors (Lipinski definition) is 0. The molecule has 4 rings (SSSR count). The first kappa shape index (κ1) is 17.0. The van der Waals surface area contributed by atoms with Crippen molar-refractivity contribution in [2.75, 3.05) is 18.0 Å². The van der Waals surface area contributed by atoms with Gasteiger partial charge in [-0.15, -0.1) is 6.58 Å². The van der Waals surface area contributed by atoms with Gasteiger partial charge in [-0.3, -0.25) is 0 Å². The Hall–Kier alpha value is -2.47. The van der Waals surface area contributed by atoms with Crippen LogP contribution in [-0.4, -0.2) is 32.6 Å². The van der Waals surface area contributed by atoms with E-state index in [4.69, 9.17) is 11.6 Å². The molecule has 0 bridgehead atoms. The van der Waals surface area contributed by atoms with Gasteiger partial charge < -0.3 is 9.47 Å². The number of aromatic nitrogens is 4. The molecule has 3 aromatic heterocycles. The van der Waals surface area contributed by atoms with Gasteiger partial charge in [-0.05, 0) is 30.9 Å². The van der Waals surface area contributed by atoms with Gasteiger partial charge in [0.2, 0.25) is 0 Å². The average molecular weight is 372 g/mol.